The standard InChI is InChI=1S/C19H18N6O/c1-11-8-6-10-15(13(11)3)21-17-16(20-14-9-5-4-7-12(14)2)22-18-19(23-17)25-26-24-18/h4-10H,1-3H3,(H,20,22,24)(H,21,23,25). The molecule has 0 saturated heterocycles. The number of benzene rings is 2. The Labute approximate surface area is 150 Å². The summed E-state index contributed by atoms with van der Waals surface area (Å²) in [7, 11) is 0. The molecular formula is C19H18N6O. The molecular weight excluding hydrogens is 328 g/mol. The third kappa shape index (κ3) is 2.95. The van der Waals surface area contributed by atoms with Crippen LogP contribution in [0.15, 0.2) is 47.1 Å². The molecule has 2 aromatic carbocycles. The lowest BCUT2D eigenvalue weighted by molar-refractivity contribution is 0.314. The summed E-state index contributed by atoms with van der Waals surface area (Å²) in [5, 5.41) is 14.3. The number of anilines is 4. The molecule has 2 N–H and O–H groups in total. The Balaban J connectivity index is 1.79. The van der Waals surface area contributed by atoms with Crippen molar-refractivity contribution in [1.82, 2.24) is 20.3 Å². The van der Waals surface area contributed by atoms with E-state index in [0.717, 1.165) is 22.5 Å². The van der Waals surface area contributed by atoms with Crippen molar-refractivity contribution in [2.24, 2.45) is 0 Å². The zero-order chi connectivity index (χ0) is 18.1. The van der Waals surface area contributed by atoms with Gasteiger partial charge in [0.2, 0.25) is 11.3 Å². The predicted octanol–water partition coefficient (Wildman–Crippen LogP) is 4.43. The molecule has 7 nitrogen and oxygen atoms in total. The first-order chi connectivity index (χ1) is 12.6. The Morgan fingerprint density at radius 1 is 0.692 bits per heavy atom. The molecule has 0 unspecified atom stereocenters. The first-order valence-electron chi connectivity index (χ1n) is 8.28. The predicted molar refractivity (Wildman–Crippen MR) is 101 cm³/mol. The van der Waals surface area contributed by atoms with Crippen LogP contribution < -0.4 is 10.6 Å². The van der Waals surface area contributed by atoms with Gasteiger partial charge in [-0.1, -0.05) is 30.3 Å². The van der Waals surface area contributed by atoms with E-state index in [2.05, 4.69) is 50.8 Å². The number of nitrogens with zero attached hydrogens (tertiary/aromatic N) is 4. The number of hydrogen-bond acceptors (Lipinski definition) is 7. The van der Waals surface area contributed by atoms with Gasteiger partial charge in [-0.2, -0.15) is 0 Å². The quantitative estimate of drug-likeness (QED) is 0.565. The van der Waals surface area contributed by atoms with Gasteiger partial charge in [-0.25, -0.2) is 14.6 Å². The van der Waals surface area contributed by atoms with E-state index in [-0.39, 0.29) is 0 Å². The van der Waals surface area contributed by atoms with Crippen molar-refractivity contribution in [2.45, 2.75) is 20.8 Å². The monoisotopic (exact) mass is 346 g/mol. The van der Waals surface area contributed by atoms with Crippen LogP contribution >= 0.6 is 0 Å². The van der Waals surface area contributed by atoms with Gasteiger partial charge in [0.05, 0.1) is 0 Å². The third-order valence-electron chi connectivity index (χ3n) is 4.37. The van der Waals surface area contributed by atoms with Crippen molar-refractivity contribution in [1.29, 1.82) is 0 Å². The van der Waals surface area contributed by atoms with Gasteiger partial charge in [0.15, 0.2) is 11.6 Å². The van der Waals surface area contributed by atoms with Crippen LogP contribution in [0.4, 0.5) is 23.0 Å². The highest BCUT2D eigenvalue weighted by Crippen LogP contribution is 2.29. The van der Waals surface area contributed by atoms with Gasteiger partial charge in [-0.05, 0) is 59.9 Å². The van der Waals surface area contributed by atoms with Crippen molar-refractivity contribution >= 4 is 34.3 Å². The highest BCUT2D eigenvalue weighted by molar-refractivity contribution is 5.80. The smallest absolute Gasteiger partial charge is 0.245 e. The summed E-state index contributed by atoms with van der Waals surface area (Å²) >= 11 is 0. The van der Waals surface area contributed by atoms with E-state index in [0.29, 0.717) is 22.9 Å². The molecule has 130 valence electrons. The molecule has 4 aromatic rings. The van der Waals surface area contributed by atoms with Crippen LogP contribution in [0.5, 0.6) is 0 Å². The fourth-order valence-corrected chi connectivity index (χ4v) is 2.67. The molecule has 2 heterocycles. The lowest BCUT2D eigenvalue weighted by atomic mass is 10.1. The van der Waals surface area contributed by atoms with Crippen LogP contribution in [0.1, 0.15) is 16.7 Å². The molecule has 0 aliphatic rings. The lowest BCUT2D eigenvalue weighted by Gasteiger charge is -2.15. The molecule has 0 radical (unpaired) electrons. The highest BCUT2D eigenvalue weighted by atomic mass is 16.6. The highest BCUT2D eigenvalue weighted by Gasteiger charge is 2.15. The second-order valence-corrected chi connectivity index (χ2v) is 6.14. The van der Waals surface area contributed by atoms with Gasteiger partial charge < -0.3 is 10.6 Å². The van der Waals surface area contributed by atoms with Crippen LogP contribution in [0.3, 0.4) is 0 Å². The fraction of sp³-hybridized carbons (Fsp3) is 0.158. The molecule has 2 aromatic heterocycles. The summed E-state index contributed by atoms with van der Waals surface area (Å²) < 4.78 is 4.76. The SMILES string of the molecule is Cc1ccccc1Nc1nc2nonc2nc1Nc1cccc(C)c1C. The molecule has 0 aliphatic carbocycles. The number of aromatic nitrogens is 4. The number of fused-ring (bicyclic) bond motifs is 1. The summed E-state index contributed by atoms with van der Waals surface area (Å²) in [5.41, 5.74) is 6.06. The Morgan fingerprint density at radius 3 is 1.96 bits per heavy atom. The Hall–Kier alpha value is -3.48. The minimum Gasteiger partial charge on any atom is -0.337 e. The molecule has 0 saturated carbocycles. The van der Waals surface area contributed by atoms with Crippen molar-refractivity contribution < 1.29 is 4.63 Å². The van der Waals surface area contributed by atoms with Crippen molar-refractivity contribution in [2.75, 3.05) is 10.6 Å². The molecule has 0 fully saturated rings. The summed E-state index contributed by atoms with van der Waals surface area (Å²) in [5.74, 6) is 1.12. The normalized spacial score (nSPS) is 10.9. The first kappa shape index (κ1) is 16.0. The third-order valence-corrected chi connectivity index (χ3v) is 4.37. The van der Waals surface area contributed by atoms with Gasteiger partial charge in [0, 0.05) is 11.4 Å². The second kappa shape index (κ2) is 6.44. The van der Waals surface area contributed by atoms with E-state index in [1.807, 2.05) is 43.3 Å². The topological polar surface area (TPSA) is 88.8 Å². The van der Waals surface area contributed by atoms with Crippen LogP contribution in [0.25, 0.3) is 11.3 Å². The van der Waals surface area contributed by atoms with Crippen molar-refractivity contribution in [3.63, 3.8) is 0 Å². The van der Waals surface area contributed by atoms with Crippen molar-refractivity contribution in [3.05, 3.63) is 59.2 Å². The molecule has 26 heavy (non-hydrogen) atoms. The minimum atomic E-state index is 0.354. The zero-order valence-corrected chi connectivity index (χ0v) is 14.7. The van der Waals surface area contributed by atoms with E-state index in [9.17, 15) is 0 Å². The largest absolute Gasteiger partial charge is 0.337 e. The van der Waals surface area contributed by atoms with Crippen LogP contribution in [-0.4, -0.2) is 20.3 Å². The van der Waals surface area contributed by atoms with Gasteiger partial charge in [-0.3, -0.25) is 0 Å². The molecule has 0 atom stereocenters. The van der Waals surface area contributed by atoms with Crippen molar-refractivity contribution in [3.8, 4) is 0 Å². The van der Waals surface area contributed by atoms with Gasteiger partial charge >= 0.3 is 0 Å². The average molecular weight is 346 g/mol. The maximum absolute atomic E-state index is 4.76. The summed E-state index contributed by atoms with van der Waals surface area (Å²) in [6.45, 7) is 6.17. The second-order valence-electron chi connectivity index (χ2n) is 6.14. The molecule has 4 rings (SSSR count). The van der Waals surface area contributed by atoms with Gasteiger partial charge in [0.1, 0.15) is 0 Å². The summed E-state index contributed by atoms with van der Waals surface area (Å²) in [6.07, 6.45) is 0. The fourth-order valence-electron chi connectivity index (χ4n) is 2.67. The average Bonchev–Trinajstić information content (AvgIpc) is 3.08. The lowest BCUT2D eigenvalue weighted by Crippen LogP contribution is -2.05. The Kier molecular flexibility index (Phi) is 3.96. The molecule has 0 amide bonds. The number of aryl methyl sites for hydroxylation is 2. The number of para-hydroxylation sites is 1. The Morgan fingerprint density at radius 2 is 1.27 bits per heavy atom. The molecule has 0 aliphatic heterocycles. The van der Waals surface area contributed by atoms with Crippen LogP contribution in [0, 0.1) is 20.8 Å². The minimum absolute atomic E-state index is 0.354. The van der Waals surface area contributed by atoms with Gasteiger partial charge in [0.25, 0.3) is 0 Å². The summed E-state index contributed by atoms with van der Waals surface area (Å²) in [6, 6.07) is 14.1. The van der Waals surface area contributed by atoms with Gasteiger partial charge in [-0.15, -0.1) is 0 Å². The van der Waals surface area contributed by atoms with E-state index in [1.54, 1.807) is 0 Å². The van der Waals surface area contributed by atoms with E-state index >= 15 is 0 Å². The maximum atomic E-state index is 4.76. The summed E-state index contributed by atoms with van der Waals surface area (Å²) in [4.78, 5) is 9.04. The number of hydrogen-bond donors (Lipinski definition) is 2. The van der Waals surface area contributed by atoms with Crippen LogP contribution in [0.2, 0.25) is 0 Å². The number of nitrogens with one attached hydrogen (secondary N) is 2. The Bertz CT molecular complexity index is 1090. The van der Waals surface area contributed by atoms with E-state index < -0.39 is 0 Å². The molecule has 7 heteroatoms. The van der Waals surface area contributed by atoms with E-state index in [1.165, 1.54) is 5.56 Å². The number of rotatable bonds is 4. The van der Waals surface area contributed by atoms with E-state index in [4.69, 9.17) is 4.63 Å². The van der Waals surface area contributed by atoms with Crippen LogP contribution in [-0.2, 0) is 0 Å². The molecule has 0 spiro atoms. The zero-order valence-electron chi connectivity index (χ0n) is 14.7. The first-order valence-corrected chi connectivity index (χ1v) is 8.28. The maximum Gasteiger partial charge on any atom is 0.245 e. The molecule has 0 bridgehead atoms.